The lowest BCUT2D eigenvalue weighted by Crippen LogP contribution is -2.13. The highest BCUT2D eigenvalue weighted by molar-refractivity contribution is 7.99. The fourth-order valence-corrected chi connectivity index (χ4v) is 3.50. The van der Waals surface area contributed by atoms with E-state index in [4.69, 9.17) is 4.74 Å². The zero-order valence-corrected chi connectivity index (χ0v) is 16.1. The number of aromatic amines is 1. The van der Waals surface area contributed by atoms with E-state index in [1.54, 1.807) is 43.1 Å². The van der Waals surface area contributed by atoms with Crippen molar-refractivity contribution in [3.05, 3.63) is 48.0 Å². The normalized spacial score (nSPS) is 10.7. The Labute approximate surface area is 161 Å². The average Bonchev–Trinajstić information content (AvgIpc) is 3.07. The zero-order chi connectivity index (χ0) is 19.2. The SMILES string of the molecule is COc1ccc2nc(SCCCC(=O)Nc3ccccc3C(C)=O)[nH]c2c1. The highest BCUT2D eigenvalue weighted by Gasteiger charge is 2.10. The minimum Gasteiger partial charge on any atom is -0.497 e. The minimum absolute atomic E-state index is 0.0667. The van der Waals surface area contributed by atoms with Gasteiger partial charge in [-0.25, -0.2) is 4.98 Å². The van der Waals surface area contributed by atoms with E-state index >= 15 is 0 Å². The van der Waals surface area contributed by atoms with E-state index in [-0.39, 0.29) is 11.7 Å². The molecule has 7 heteroatoms. The van der Waals surface area contributed by atoms with E-state index < -0.39 is 0 Å². The number of H-pyrrole nitrogens is 1. The Morgan fingerprint density at radius 1 is 1.22 bits per heavy atom. The number of thioether (sulfide) groups is 1. The summed E-state index contributed by atoms with van der Waals surface area (Å²) in [4.78, 5) is 31.5. The molecule has 27 heavy (non-hydrogen) atoms. The number of Topliss-reactive ketones (excluding diaryl/α,β-unsaturated/α-hetero) is 1. The molecule has 3 aromatic rings. The first-order valence-corrected chi connectivity index (χ1v) is 9.62. The Hall–Kier alpha value is -2.80. The minimum atomic E-state index is -0.0985. The summed E-state index contributed by atoms with van der Waals surface area (Å²) in [5.74, 6) is 1.38. The number of carbonyl (C=O) groups excluding carboxylic acids is 2. The molecule has 1 heterocycles. The number of nitrogens with one attached hydrogen (secondary N) is 2. The fourth-order valence-electron chi connectivity index (χ4n) is 2.67. The highest BCUT2D eigenvalue weighted by atomic mass is 32.2. The summed E-state index contributed by atoms with van der Waals surface area (Å²) in [6.07, 6.45) is 1.09. The molecule has 2 N–H and O–H groups in total. The summed E-state index contributed by atoms with van der Waals surface area (Å²) in [6.45, 7) is 1.49. The molecule has 0 aliphatic carbocycles. The molecule has 0 fully saturated rings. The van der Waals surface area contributed by atoms with Gasteiger partial charge in [-0.2, -0.15) is 0 Å². The molecule has 0 aliphatic rings. The van der Waals surface area contributed by atoms with Crippen LogP contribution < -0.4 is 10.1 Å². The van der Waals surface area contributed by atoms with Gasteiger partial charge in [0.1, 0.15) is 5.75 Å². The van der Waals surface area contributed by atoms with E-state index in [2.05, 4.69) is 15.3 Å². The first-order valence-electron chi connectivity index (χ1n) is 8.63. The Morgan fingerprint density at radius 2 is 2.04 bits per heavy atom. The third kappa shape index (κ3) is 4.89. The van der Waals surface area contributed by atoms with E-state index in [0.717, 1.165) is 27.7 Å². The van der Waals surface area contributed by atoms with E-state index in [0.29, 0.717) is 24.1 Å². The summed E-state index contributed by atoms with van der Waals surface area (Å²) in [6, 6.07) is 12.7. The number of carbonyl (C=O) groups is 2. The molecule has 140 valence electrons. The van der Waals surface area contributed by atoms with Crippen LogP contribution in [0.1, 0.15) is 30.1 Å². The number of fused-ring (bicyclic) bond motifs is 1. The van der Waals surface area contributed by atoms with Gasteiger partial charge >= 0.3 is 0 Å². The molecule has 6 nitrogen and oxygen atoms in total. The van der Waals surface area contributed by atoms with Crippen molar-refractivity contribution >= 4 is 40.2 Å². The van der Waals surface area contributed by atoms with Crippen LogP contribution in [-0.4, -0.2) is 34.5 Å². The molecular formula is C20H21N3O3S. The second-order valence-corrected chi connectivity index (χ2v) is 7.11. The first-order chi connectivity index (χ1) is 13.1. The summed E-state index contributed by atoms with van der Waals surface area (Å²) in [7, 11) is 1.63. The molecule has 1 aromatic heterocycles. The lowest BCUT2D eigenvalue weighted by atomic mass is 10.1. The molecule has 0 unspecified atom stereocenters. The van der Waals surface area contributed by atoms with Crippen LogP contribution in [0, 0.1) is 0 Å². The highest BCUT2D eigenvalue weighted by Crippen LogP contribution is 2.24. The van der Waals surface area contributed by atoms with E-state index in [1.807, 2.05) is 18.2 Å². The number of aromatic nitrogens is 2. The Kier molecular flexibility index (Phi) is 6.13. The van der Waals surface area contributed by atoms with Gasteiger partial charge < -0.3 is 15.0 Å². The third-order valence-electron chi connectivity index (χ3n) is 4.03. The molecule has 0 saturated heterocycles. The van der Waals surface area contributed by atoms with Crippen LogP contribution in [0.5, 0.6) is 5.75 Å². The van der Waals surface area contributed by atoms with Gasteiger partial charge in [-0.3, -0.25) is 9.59 Å². The van der Waals surface area contributed by atoms with Crippen molar-refractivity contribution in [2.75, 3.05) is 18.2 Å². The molecule has 0 aliphatic heterocycles. The van der Waals surface area contributed by atoms with Crippen LogP contribution in [0.3, 0.4) is 0 Å². The van der Waals surface area contributed by atoms with Gasteiger partial charge in [0.2, 0.25) is 5.91 Å². The van der Waals surface area contributed by atoms with Gasteiger partial charge in [-0.15, -0.1) is 0 Å². The standard InChI is InChI=1S/C20H21N3O3S/c1-13(24)15-6-3-4-7-16(15)21-19(25)8-5-11-27-20-22-17-10-9-14(26-2)12-18(17)23-20/h3-4,6-7,9-10,12H,5,8,11H2,1-2H3,(H,21,25)(H,22,23). The predicted molar refractivity (Wildman–Crippen MR) is 108 cm³/mol. The Balaban J connectivity index is 1.49. The molecule has 0 spiro atoms. The van der Waals surface area contributed by atoms with Crippen molar-refractivity contribution in [3.63, 3.8) is 0 Å². The van der Waals surface area contributed by atoms with Gasteiger partial charge in [0.15, 0.2) is 10.9 Å². The molecule has 1 amide bonds. The number of hydrogen-bond donors (Lipinski definition) is 2. The lowest BCUT2D eigenvalue weighted by molar-refractivity contribution is -0.116. The molecular weight excluding hydrogens is 362 g/mol. The molecule has 0 radical (unpaired) electrons. The van der Waals surface area contributed by atoms with Crippen LogP contribution in [0.25, 0.3) is 11.0 Å². The second kappa shape index (κ2) is 8.73. The van der Waals surface area contributed by atoms with Gasteiger partial charge in [0, 0.05) is 23.8 Å². The number of anilines is 1. The van der Waals surface area contributed by atoms with Crippen molar-refractivity contribution < 1.29 is 14.3 Å². The van der Waals surface area contributed by atoms with Crippen molar-refractivity contribution in [1.82, 2.24) is 9.97 Å². The molecule has 2 aromatic carbocycles. The van der Waals surface area contributed by atoms with Gasteiger partial charge in [-0.05, 0) is 37.6 Å². The number of para-hydroxylation sites is 1. The number of ketones is 1. The number of methoxy groups -OCH3 is 1. The number of hydrogen-bond acceptors (Lipinski definition) is 5. The average molecular weight is 383 g/mol. The maximum absolute atomic E-state index is 12.1. The number of amides is 1. The predicted octanol–water partition coefficient (Wildman–Crippen LogP) is 4.29. The largest absolute Gasteiger partial charge is 0.497 e. The van der Waals surface area contributed by atoms with E-state index in [1.165, 1.54) is 6.92 Å². The van der Waals surface area contributed by atoms with Crippen molar-refractivity contribution in [1.29, 1.82) is 0 Å². The van der Waals surface area contributed by atoms with Crippen molar-refractivity contribution in [3.8, 4) is 5.75 Å². The lowest BCUT2D eigenvalue weighted by Gasteiger charge is -2.08. The number of imidazole rings is 1. The number of rotatable bonds is 8. The summed E-state index contributed by atoms with van der Waals surface area (Å²) >= 11 is 1.57. The monoisotopic (exact) mass is 383 g/mol. The molecule has 3 rings (SSSR count). The van der Waals surface area contributed by atoms with Crippen LogP contribution >= 0.6 is 11.8 Å². The van der Waals surface area contributed by atoms with E-state index in [9.17, 15) is 9.59 Å². The van der Waals surface area contributed by atoms with Gasteiger partial charge in [-0.1, -0.05) is 23.9 Å². The molecule has 0 bridgehead atoms. The molecule has 0 saturated carbocycles. The topological polar surface area (TPSA) is 84.1 Å². The summed E-state index contributed by atoms with van der Waals surface area (Å²) in [5, 5.41) is 3.64. The Morgan fingerprint density at radius 3 is 2.81 bits per heavy atom. The maximum atomic E-state index is 12.1. The summed E-state index contributed by atoms with van der Waals surface area (Å²) in [5.41, 5.74) is 2.90. The first kappa shape index (κ1) is 19.0. The van der Waals surface area contributed by atoms with Gasteiger partial charge in [0.25, 0.3) is 0 Å². The fraction of sp³-hybridized carbons (Fsp3) is 0.250. The van der Waals surface area contributed by atoms with Crippen LogP contribution in [0.4, 0.5) is 5.69 Å². The van der Waals surface area contributed by atoms with Crippen LogP contribution in [0.15, 0.2) is 47.6 Å². The van der Waals surface area contributed by atoms with Gasteiger partial charge in [0.05, 0.1) is 23.8 Å². The quantitative estimate of drug-likeness (QED) is 0.344. The van der Waals surface area contributed by atoms with Crippen molar-refractivity contribution in [2.45, 2.75) is 24.9 Å². The van der Waals surface area contributed by atoms with Crippen LogP contribution in [-0.2, 0) is 4.79 Å². The van der Waals surface area contributed by atoms with Crippen molar-refractivity contribution in [2.24, 2.45) is 0 Å². The number of nitrogens with zero attached hydrogens (tertiary/aromatic N) is 1. The summed E-state index contributed by atoms with van der Waals surface area (Å²) < 4.78 is 5.21. The third-order valence-corrected chi connectivity index (χ3v) is 4.99. The zero-order valence-electron chi connectivity index (χ0n) is 15.2. The molecule has 0 atom stereocenters. The number of ether oxygens (including phenoxy) is 1. The smallest absolute Gasteiger partial charge is 0.224 e. The van der Waals surface area contributed by atoms with Crippen LogP contribution in [0.2, 0.25) is 0 Å². The second-order valence-electron chi connectivity index (χ2n) is 6.03. The Bertz CT molecular complexity index is 968. The maximum Gasteiger partial charge on any atom is 0.224 e. The number of benzene rings is 2.